The molecule has 1 spiro atoms. The molecule has 2 heterocycles. The Labute approximate surface area is 147 Å². The van der Waals surface area contributed by atoms with Crippen molar-refractivity contribution in [1.82, 2.24) is 25.3 Å². The molecule has 4 rings (SSSR count). The summed E-state index contributed by atoms with van der Waals surface area (Å²) in [6.45, 7) is 2.78. The van der Waals surface area contributed by atoms with Gasteiger partial charge in [-0.15, -0.1) is 5.10 Å². The first-order valence-corrected chi connectivity index (χ1v) is 9.22. The van der Waals surface area contributed by atoms with E-state index >= 15 is 0 Å². The van der Waals surface area contributed by atoms with E-state index in [0.29, 0.717) is 16.7 Å². The third kappa shape index (κ3) is 2.70. The third-order valence-corrected chi connectivity index (χ3v) is 5.95. The Morgan fingerprint density at radius 2 is 2.20 bits per heavy atom. The predicted octanol–water partition coefficient (Wildman–Crippen LogP) is 2.22. The van der Waals surface area contributed by atoms with Crippen molar-refractivity contribution in [3.8, 4) is 0 Å². The normalized spacial score (nSPS) is 25.0. The van der Waals surface area contributed by atoms with E-state index in [1.165, 1.54) is 19.3 Å². The molecule has 134 valence electrons. The average Bonchev–Trinajstić information content (AvgIpc) is 3.02. The second-order valence-electron chi connectivity index (χ2n) is 7.28. The molecule has 2 fully saturated rings. The zero-order valence-electron chi connectivity index (χ0n) is 14.9. The fraction of sp³-hybridized carbons (Fsp3) is 0.667. The van der Waals surface area contributed by atoms with Crippen LogP contribution in [0.4, 0.5) is 0 Å². The summed E-state index contributed by atoms with van der Waals surface area (Å²) in [6, 6.07) is 1.95. The molecule has 25 heavy (non-hydrogen) atoms. The molecular formula is C18H25N5O2. The minimum Gasteiger partial charge on any atom is -0.378 e. The molecule has 7 heteroatoms. The van der Waals surface area contributed by atoms with Crippen molar-refractivity contribution in [2.75, 3.05) is 6.61 Å². The van der Waals surface area contributed by atoms with Gasteiger partial charge in [0.2, 0.25) is 0 Å². The van der Waals surface area contributed by atoms with Gasteiger partial charge in [-0.1, -0.05) is 24.5 Å². The molecule has 1 N–H and O–H groups in total. The van der Waals surface area contributed by atoms with Crippen LogP contribution in [0.1, 0.15) is 55.8 Å². The number of hydrogen-bond donors (Lipinski definition) is 1. The van der Waals surface area contributed by atoms with Gasteiger partial charge in [0.1, 0.15) is 5.52 Å². The molecular weight excluding hydrogens is 318 g/mol. The van der Waals surface area contributed by atoms with Crippen LogP contribution in [0.5, 0.6) is 0 Å². The van der Waals surface area contributed by atoms with Crippen LogP contribution >= 0.6 is 0 Å². The highest BCUT2D eigenvalue weighted by Gasteiger charge is 2.56. The molecule has 0 aromatic carbocycles. The first-order chi connectivity index (χ1) is 12.1. The highest BCUT2D eigenvalue weighted by molar-refractivity contribution is 5.96. The van der Waals surface area contributed by atoms with Crippen molar-refractivity contribution >= 4 is 17.1 Å². The summed E-state index contributed by atoms with van der Waals surface area (Å²) in [5.74, 6) is -0.0787. The van der Waals surface area contributed by atoms with Crippen LogP contribution in [0.15, 0.2) is 12.3 Å². The van der Waals surface area contributed by atoms with Gasteiger partial charge in [0, 0.05) is 31.3 Å². The van der Waals surface area contributed by atoms with E-state index in [9.17, 15) is 4.79 Å². The SMILES string of the molecule is CCO[C@@H]1C[C@@H](NC(=O)c2cnc3c(c2)nnn3C)C12CCCCC2. The molecule has 2 aromatic heterocycles. The summed E-state index contributed by atoms with van der Waals surface area (Å²) in [4.78, 5) is 17.1. The quantitative estimate of drug-likeness (QED) is 0.920. The summed E-state index contributed by atoms with van der Waals surface area (Å²) in [5.41, 5.74) is 1.98. The number of nitrogens with one attached hydrogen (secondary N) is 1. The van der Waals surface area contributed by atoms with Crippen LogP contribution in [0.25, 0.3) is 11.2 Å². The van der Waals surface area contributed by atoms with Gasteiger partial charge in [0.15, 0.2) is 5.65 Å². The van der Waals surface area contributed by atoms with Crippen molar-refractivity contribution in [2.45, 2.75) is 57.6 Å². The van der Waals surface area contributed by atoms with Gasteiger partial charge < -0.3 is 10.1 Å². The molecule has 2 aromatic rings. The van der Waals surface area contributed by atoms with Gasteiger partial charge in [-0.3, -0.25) is 4.79 Å². The van der Waals surface area contributed by atoms with Crippen LogP contribution < -0.4 is 5.32 Å². The van der Waals surface area contributed by atoms with E-state index in [1.54, 1.807) is 24.0 Å². The zero-order valence-corrected chi connectivity index (χ0v) is 14.9. The molecule has 0 bridgehead atoms. The molecule has 2 aliphatic rings. The van der Waals surface area contributed by atoms with Crippen LogP contribution in [0.3, 0.4) is 0 Å². The lowest BCUT2D eigenvalue weighted by molar-refractivity contribution is -0.146. The molecule has 0 aliphatic heterocycles. The molecule has 0 radical (unpaired) electrons. The summed E-state index contributed by atoms with van der Waals surface area (Å²) in [6.07, 6.45) is 8.81. The number of aromatic nitrogens is 4. The first kappa shape index (κ1) is 16.4. The van der Waals surface area contributed by atoms with Crippen LogP contribution in [-0.2, 0) is 11.8 Å². The van der Waals surface area contributed by atoms with Crippen molar-refractivity contribution in [3.05, 3.63) is 17.8 Å². The molecule has 7 nitrogen and oxygen atoms in total. The Balaban J connectivity index is 1.51. The largest absolute Gasteiger partial charge is 0.378 e. The molecule has 1 amide bonds. The average molecular weight is 343 g/mol. The van der Waals surface area contributed by atoms with E-state index in [2.05, 4.69) is 20.6 Å². The minimum absolute atomic E-state index is 0.0787. The fourth-order valence-corrected chi connectivity index (χ4v) is 4.56. The number of hydrogen-bond acceptors (Lipinski definition) is 5. The lowest BCUT2D eigenvalue weighted by Gasteiger charge is -2.57. The van der Waals surface area contributed by atoms with Crippen LogP contribution in [-0.4, -0.2) is 44.6 Å². The number of pyridine rings is 1. The summed E-state index contributed by atoms with van der Waals surface area (Å²) < 4.78 is 7.57. The standard InChI is InChI=1S/C18H25N5O2/c1-3-25-15-10-14(18(15)7-5-4-6-8-18)20-17(24)12-9-13-16(19-11-12)23(2)22-21-13/h9,11,14-15H,3-8,10H2,1-2H3,(H,20,24)/t14-,15-/m1/s1. The van der Waals surface area contributed by atoms with Gasteiger partial charge in [-0.2, -0.15) is 0 Å². The van der Waals surface area contributed by atoms with Crippen molar-refractivity contribution < 1.29 is 9.53 Å². The maximum atomic E-state index is 12.7. The maximum absolute atomic E-state index is 12.7. The van der Waals surface area contributed by atoms with E-state index in [1.807, 2.05) is 6.92 Å². The molecule has 2 aliphatic carbocycles. The van der Waals surface area contributed by atoms with Crippen molar-refractivity contribution in [3.63, 3.8) is 0 Å². The highest BCUT2D eigenvalue weighted by atomic mass is 16.5. The molecule has 0 unspecified atom stereocenters. The highest BCUT2D eigenvalue weighted by Crippen LogP contribution is 2.53. The number of rotatable bonds is 4. The van der Waals surface area contributed by atoms with E-state index in [0.717, 1.165) is 25.9 Å². The zero-order chi connectivity index (χ0) is 17.4. The number of carbonyl (C=O) groups is 1. The van der Waals surface area contributed by atoms with Gasteiger partial charge in [0.25, 0.3) is 5.91 Å². The van der Waals surface area contributed by atoms with E-state index < -0.39 is 0 Å². The lowest BCUT2D eigenvalue weighted by Crippen LogP contribution is -2.65. The lowest BCUT2D eigenvalue weighted by atomic mass is 9.55. The van der Waals surface area contributed by atoms with Gasteiger partial charge >= 0.3 is 0 Å². The molecule has 2 atom stereocenters. The molecule has 0 saturated heterocycles. The van der Waals surface area contributed by atoms with Crippen molar-refractivity contribution in [2.24, 2.45) is 12.5 Å². The third-order valence-electron chi connectivity index (χ3n) is 5.95. The number of aryl methyl sites for hydroxylation is 1. The Hall–Kier alpha value is -2.02. The van der Waals surface area contributed by atoms with Crippen molar-refractivity contribution in [1.29, 1.82) is 0 Å². The predicted molar refractivity (Wildman–Crippen MR) is 93.1 cm³/mol. The second-order valence-corrected chi connectivity index (χ2v) is 7.28. The summed E-state index contributed by atoms with van der Waals surface area (Å²) in [7, 11) is 1.79. The Bertz CT molecular complexity index is 781. The summed E-state index contributed by atoms with van der Waals surface area (Å²) in [5, 5.41) is 11.2. The number of ether oxygens (including phenoxy) is 1. The number of nitrogens with zero attached hydrogens (tertiary/aromatic N) is 4. The van der Waals surface area contributed by atoms with E-state index in [4.69, 9.17) is 4.74 Å². The minimum atomic E-state index is -0.0787. The Morgan fingerprint density at radius 1 is 1.40 bits per heavy atom. The Kier molecular flexibility index (Phi) is 4.19. The monoisotopic (exact) mass is 343 g/mol. The number of amides is 1. The Morgan fingerprint density at radius 3 is 2.96 bits per heavy atom. The number of fused-ring (bicyclic) bond motifs is 1. The smallest absolute Gasteiger partial charge is 0.253 e. The van der Waals surface area contributed by atoms with Crippen LogP contribution in [0.2, 0.25) is 0 Å². The second kappa shape index (κ2) is 6.37. The maximum Gasteiger partial charge on any atom is 0.253 e. The fourth-order valence-electron chi connectivity index (χ4n) is 4.56. The van der Waals surface area contributed by atoms with Crippen LogP contribution in [0, 0.1) is 5.41 Å². The van der Waals surface area contributed by atoms with Gasteiger partial charge in [-0.05, 0) is 32.3 Å². The summed E-state index contributed by atoms with van der Waals surface area (Å²) >= 11 is 0. The van der Waals surface area contributed by atoms with E-state index in [-0.39, 0.29) is 23.5 Å². The molecule has 2 saturated carbocycles. The first-order valence-electron chi connectivity index (χ1n) is 9.22. The van der Waals surface area contributed by atoms with Gasteiger partial charge in [-0.25, -0.2) is 9.67 Å². The number of carbonyl (C=O) groups excluding carboxylic acids is 1. The van der Waals surface area contributed by atoms with Gasteiger partial charge in [0.05, 0.1) is 11.7 Å². The topological polar surface area (TPSA) is 81.9 Å².